The molecule has 0 bridgehead atoms. The number of amides is 2. The average Bonchev–Trinajstić information content (AvgIpc) is 2.32. The number of anilines is 1. The Labute approximate surface area is 130 Å². The van der Waals surface area contributed by atoms with Crippen molar-refractivity contribution < 1.29 is 14.7 Å². The van der Waals surface area contributed by atoms with Crippen molar-refractivity contribution in [2.24, 2.45) is 0 Å². The lowest BCUT2D eigenvalue weighted by Crippen LogP contribution is -2.44. The number of benzene rings is 1. The van der Waals surface area contributed by atoms with Gasteiger partial charge in [0.1, 0.15) is 6.04 Å². The third kappa shape index (κ3) is 4.24. The van der Waals surface area contributed by atoms with Crippen molar-refractivity contribution in [2.45, 2.75) is 19.4 Å². The number of halogens is 2. The third-order valence-corrected chi connectivity index (χ3v) is 3.76. The van der Waals surface area contributed by atoms with E-state index in [0.717, 1.165) is 3.57 Å². The van der Waals surface area contributed by atoms with Gasteiger partial charge in [0, 0.05) is 15.6 Å². The molecular weight excluding hydrogens is 382 g/mol. The molecule has 0 spiro atoms. The number of carbonyl (C=O) groups excluding carboxylic acids is 1. The highest BCUT2D eigenvalue weighted by molar-refractivity contribution is 14.1. The van der Waals surface area contributed by atoms with Crippen LogP contribution in [0.1, 0.15) is 13.3 Å². The first kappa shape index (κ1) is 16.0. The quantitative estimate of drug-likeness (QED) is 0.768. The Balaban J connectivity index is 2.81. The number of carboxylic acid groups (broad SMARTS) is 1. The van der Waals surface area contributed by atoms with Crippen LogP contribution in [0.4, 0.5) is 10.5 Å². The summed E-state index contributed by atoms with van der Waals surface area (Å²) in [4.78, 5) is 24.1. The second-order valence-electron chi connectivity index (χ2n) is 3.93. The number of carbonyl (C=O) groups is 2. The van der Waals surface area contributed by atoms with Crippen molar-refractivity contribution in [1.82, 2.24) is 4.90 Å². The van der Waals surface area contributed by atoms with E-state index < -0.39 is 18.0 Å². The van der Waals surface area contributed by atoms with E-state index in [0.29, 0.717) is 17.1 Å². The molecule has 1 unspecified atom stereocenters. The molecule has 7 heteroatoms. The molecule has 0 saturated carbocycles. The summed E-state index contributed by atoms with van der Waals surface area (Å²) in [6.07, 6.45) is 0.344. The highest BCUT2D eigenvalue weighted by Gasteiger charge is 2.24. The molecule has 1 aromatic carbocycles. The average molecular weight is 397 g/mol. The zero-order valence-corrected chi connectivity index (χ0v) is 13.4. The van der Waals surface area contributed by atoms with Gasteiger partial charge in [-0.15, -0.1) is 0 Å². The van der Waals surface area contributed by atoms with Crippen LogP contribution in [-0.4, -0.2) is 35.1 Å². The van der Waals surface area contributed by atoms with Gasteiger partial charge in [-0.2, -0.15) is 0 Å². The minimum Gasteiger partial charge on any atom is -0.480 e. The molecule has 0 aliphatic rings. The first-order valence-corrected chi connectivity index (χ1v) is 7.04. The molecule has 1 rings (SSSR count). The lowest BCUT2D eigenvalue weighted by molar-refractivity contribution is -0.141. The van der Waals surface area contributed by atoms with Crippen LogP contribution in [0.3, 0.4) is 0 Å². The molecule has 2 amide bonds. The van der Waals surface area contributed by atoms with E-state index in [1.54, 1.807) is 25.1 Å². The Morgan fingerprint density at radius 2 is 2.16 bits per heavy atom. The number of nitrogens with zero attached hydrogens (tertiary/aromatic N) is 1. The summed E-state index contributed by atoms with van der Waals surface area (Å²) in [7, 11) is 1.46. The lowest BCUT2D eigenvalue weighted by Gasteiger charge is -2.24. The summed E-state index contributed by atoms with van der Waals surface area (Å²) in [5.41, 5.74) is 0.599. The highest BCUT2D eigenvalue weighted by Crippen LogP contribution is 2.22. The summed E-state index contributed by atoms with van der Waals surface area (Å²) >= 11 is 7.87. The van der Waals surface area contributed by atoms with Crippen LogP contribution in [0.15, 0.2) is 18.2 Å². The number of likely N-dealkylation sites (N-methyl/N-ethyl adjacent to an activating group) is 1. The van der Waals surface area contributed by atoms with Gasteiger partial charge in [-0.05, 0) is 47.2 Å². The van der Waals surface area contributed by atoms with E-state index >= 15 is 0 Å². The number of rotatable bonds is 4. The van der Waals surface area contributed by atoms with Crippen molar-refractivity contribution in [1.29, 1.82) is 0 Å². The summed E-state index contributed by atoms with van der Waals surface area (Å²) in [6, 6.07) is 3.75. The first-order chi connectivity index (χ1) is 8.86. The van der Waals surface area contributed by atoms with Crippen molar-refractivity contribution in [3.8, 4) is 0 Å². The number of urea groups is 1. The van der Waals surface area contributed by atoms with Crippen molar-refractivity contribution >= 4 is 51.9 Å². The summed E-state index contributed by atoms with van der Waals surface area (Å²) in [5, 5.41) is 12.2. The number of aliphatic carboxylic acids is 1. The van der Waals surface area contributed by atoms with E-state index in [4.69, 9.17) is 16.7 Å². The van der Waals surface area contributed by atoms with Crippen LogP contribution >= 0.6 is 34.2 Å². The van der Waals surface area contributed by atoms with E-state index in [2.05, 4.69) is 5.32 Å². The molecule has 0 heterocycles. The van der Waals surface area contributed by atoms with Crippen LogP contribution in [0.2, 0.25) is 5.02 Å². The molecule has 0 aliphatic heterocycles. The number of carboxylic acids is 1. The second-order valence-corrected chi connectivity index (χ2v) is 5.53. The minimum atomic E-state index is -1.02. The van der Waals surface area contributed by atoms with Crippen LogP contribution in [0.5, 0.6) is 0 Å². The molecular formula is C12H14ClIN2O3. The fraction of sp³-hybridized carbons (Fsp3) is 0.333. The normalized spacial score (nSPS) is 11.8. The van der Waals surface area contributed by atoms with Crippen LogP contribution in [0.25, 0.3) is 0 Å². The van der Waals surface area contributed by atoms with E-state index in [-0.39, 0.29) is 0 Å². The maximum Gasteiger partial charge on any atom is 0.326 e. The third-order valence-electron chi connectivity index (χ3n) is 2.63. The van der Waals surface area contributed by atoms with Crippen molar-refractivity contribution in [3.63, 3.8) is 0 Å². The van der Waals surface area contributed by atoms with Gasteiger partial charge in [-0.25, -0.2) is 9.59 Å². The monoisotopic (exact) mass is 396 g/mol. The topological polar surface area (TPSA) is 69.6 Å². The molecule has 1 aromatic rings. The van der Waals surface area contributed by atoms with Gasteiger partial charge in [0.05, 0.1) is 5.69 Å². The minimum absolute atomic E-state index is 0.344. The Kier molecular flexibility index (Phi) is 5.86. The number of hydrogen-bond donors (Lipinski definition) is 2. The Bertz CT molecular complexity index is 496. The van der Waals surface area contributed by atoms with Crippen LogP contribution < -0.4 is 5.32 Å². The second kappa shape index (κ2) is 6.95. The Hall–Kier alpha value is -1.02. The van der Waals surface area contributed by atoms with Gasteiger partial charge >= 0.3 is 12.0 Å². The van der Waals surface area contributed by atoms with E-state index in [1.807, 2.05) is 22.6 Å². The molecule has 0 aromatic heterocycles. The maximum absolute atomic E-state index is 12.0. The fourth-order valence-corrected chi connectivity index (χ4v) is 2.56. The predicted octanol–water partition coefficient (Wildman–Crippen LogP) is 3.27. The smallest absolute Gasteiger partial charge is 0.326 e. The zero-order chi connectivity index (χ0) is 14.6. The molecule has 2 N–H and O–H groups in total. The van der Waals surface area contributed by atoms with Gasteiger partial charge in [0.15, 0.2) is 0 Å². The SMILES string of the molecule is CCC(C(=O)O)N(C)C(=O)Nc1ccc(Cl)cc1I. The first-order valence-electron chi connectivity index (χ1n) is 5.58. The standard InChI is InChI=1S/C12H14ClIN2O3/c1-3-10(11(17)18)16(2)12(19)15-9-5-4-7(13)6-8(9)14/h4-6,10H,3H2,1-2H3,(H,15,19)(H,17,18). The molecule has 0 radical (unpaired) electrons. The Morgan fingerprint density at radius 1 is 1.53 bits per heavy atom. The maximum atomic E-state index is 12.0. The largest absolute Gasteiger partial charge is 0.480 e. The van der Waals surface area contributed by atoms with Gasteiger partial charge in [-0.3, -0.25) is 0 Å². The van der Waals surface area contributed by atoms with Crippen LogP contribution in [0, 0.1) is 3.57 Å². The molecule has 5 nitrogen and oxygen atoms in total. The van der Waals surface area contributed by atoms with Gasteiger partial charge in [-0.1, -0.05) is 18.5 Å². The molecule has 1 atom stereocenters. The number of hydrogen-bond acceptors (Lipinski definition) is 2. The van der Waals surface area contributed by atoms with Gasteiger partial charge in [0.2, 0.25) is 0 Å². The lowest BCUT2D eigenvalue weighted by atomic mass is 10.2. The Morgan fingerprint density at radius 3 is 2.63 bits per heavy atom. The van der Waals surface area contributed by atoms with E-state index in [1.165, 1.54) is 11.9 Å². The van der Waals surface area contributed by atoms with Crippen LogP contribution in [-0.2, 0) is 4.79 Å². The highest BCUT2D eigenvalue weighted by atomic mass is 127. The summed E-state index contributed by atoms with van der Waals surface area (Å²) in [6.45, 7) is 1.72. The summed E-state index contributed by atoms with van der Waals surface area (Å²) in [5.74, 6) is -1.02. The summed E-state index contributed by atoms with van der Waals surface area (Å²) < 4.78 is 0.787. The molecule has 0 fully saturated rings. The fourth-order valence-electron chi connectivity index (χ4n) is 1.55. The van der Waals surface area contributed by atoms with E-state index in [9.17, 15) is 9.59 Å². The van der Waals surface area contributed by atoms with Gasteiger partial charge < -0.3 is 15.3 Å². The predicted molar refractivity (Wildman–Crippen MR) is 82.7 cm³/mol. The van der Waals surface area contributed by atoms with Gasteiger partial charge in [0.25, 0.3) is 0 Å². The van der Waals surface area contributed by atoms with Crippen molar-refractivity contribution in [2.75, 3.05) is 12.4 Å². The molecule has 0 aliphatic carbocycles. The molecule has 19 heavy (non-hydrogen) atoms. The molecule has 0 saturated heterocycles. The number of nitrogens with one attached hydrogen (secondary N) is 1. The molecule has 104 valence electrons. The zero-order valence-electron chi connectivity index (χ0n) is 10.5. The van der Waals surface area contributed by atoms with Crippen molar-refractivity contribution in [3.05, 3.63) is 26.8 Å².